The lowest BCUT2D eigenvalue weighted by Gasteiger charge is -2.30. The van der Waals surface area contributed by atoms with Crippen LogP contribution in [-0.4, -0.2) is 23.5 Å². The van der Waals surface area contributed by atoms with Crippen molar-refractivity contribution in [1.29, 1.82) is 0 Å². The normalized spacial score (nSPS) is 22.8. The van der Waals surface area contributed by atoms with E-state index in [1.165, 1.54) is 19.3 Å². The van der Waals surface area contributed by atoms with E-state index in [-0.39, 0.29) is 17.2 Å². The van der Waals surface area contributed by atoms with Crippen molar-refractivity contribution in [3.8, 4) is 0 Å². The lowest BCUT2D eigenvalue weighted by molar-refractivity contribution is -0.149. The third-order valence-corrected chi connectivity index (χ3v) is 4.62. The van der Waals surface area contributed by atoms with Crippen LogP contribution in [0, 0.1) is 17.3 Å². The summed E-state index contributed by atoms with van der Waals surface area (Å²) in [6.45, 7) is 7.15. The molecule has 2 unspecified atom stereocenters. The summed E-state index contributed by atoms with van der Waals surface area (Å²) in [5.41, 5.74) is 0.0816. The standard InChI is InChI=1S/C17H31NO3/c1-4-5-8-11-17(2,3)12-18-15(19)13-9-6-7-10-14(13)16(20)21/h13-14H,4-12H2,1-3H3,(H,18,19)(H,20,21). The highest BCUT2D eigenvalue weighted by atomic mass is 16.4. The van der Waals surface area contributed by atoms with Crippen LogP contribution in [0.5, 0.6) is 0 Å². The first-order valence-electron chi connectivity index (χ1n) is 8.38. The molecule has 1 fully saturated rings. The molecule has 0 bridgehead atoms. The van der Waals surface area contributed by atoms with Crippen LogP contribution < -0.4 is 5.32 Å². The highest BCUT2D eigenvalue weighted by Crippen LogP contribution is 2.31. The van der Waals surface area contributed by atoms with Crippen molar-refractivity contribution in [2.75, 3.05) is 6.54 Å². The predicted octanol–water partition coefficient (Wildman–Crippen LogP) is 3.60. The maximum absolute atomic E-state index is 12.3. The van der Waals surface area contributed by atoms with Gasteiger partial charge in [-0.15, -0.1) is 0 Å². The van der Waals surface area contributed by atoms with E-state index in [0.717, 1.165) is 19.3 Å². The molecule has 4 heteroatoms. The second-order valence-electron chi connectivity index (χ2n) is 7.17. The zero-order valence-electron chi connectivity index (χ0n) is 13.8. The summed E-state index contributed by atoms with van der Waals surface area (Å²) in [6, 6.07) is 0. The second-order valence-corrected chi connectivity index (χ2v) is 7.17. The van der Waals surface area contributed by atoms with Crippen LogP contribution in [0.4, 0.5) is 0 Å². The molecule has 2 atom stereocenters. The lowest BCUT2D eigenvalue weighted by atomic mass is 9.78. The average Bonchev–Trinajstić information content (AvgIpc) is 2.45. The van der Waals surface area contributed by atoms with Gasteiger partial charge < -0.3 is 10.4 Å². The smallest absolute Gasteiger partial charge is 0.307 e. The van der Waals surface area contributed by atoms with E-state index in [2.05, 4.69) is 26.1 Å². The van der Waals surface area contributed by atoms with Gasteiger partial charge in [0.2, 0.25) is 5.91 Å². The number of hydrogen-bond acceptors (Lipinski definition) is 2. The molecule has 0 saturated heterocycles. The van der Waals surface area contributed by atoms with Crippen LogP contribution in [0.25, 0.3) is 0 Å². The zero-order valence-corrected chi connectivity index (χ0v) is 13.8. The number of hydrogen-bond donors (Lipinski definition) is 2. The van der Waals surface area contributed by atoms with Gasteiger partial charge in [0.25, 0.3) is 0 Å². The summed E-state index contributed by atoms with van der Waals surface area (Å²) in [5.74, 6) is -1.73. The van der Waals surface area contributed by atoms with E-state index < -0.39 is 11.9 Å². The number of unbranched alkanes of at least 4 members (excludes halogenated alkanes) is 2. The van der Waals surface area contributed by atoms with Crippen LogP contribution in [-0.2, 0) is 9.59 Å². The Kier molecular flexibility index (Phi) is 7.20. The maximum atomic E-state index is 12.3. The molecule has 2 N–H and O–H groups in total. The van der Waals surface area contributed by atoms with Crippen molar-refractivity contribution in [2.45, 2.75) is 72.1 Å². The van der Waals surface area contributed by atoms with Crippen LogP contribution in [0.1, 0.15) is 72.1 Å². The molecule has 1 saturated carbocycles. The first kappa shape index (κ1) is 18.0. The van der Waals surface area contributed by atoms with E-state index >= 15 is 0 Å². The molecule has 0 aromatic heterocycles. The molecule has 21 heavy (non-hydrogen) atoms. The van der Waals surface area contributed by atoms with Crippen molar-refractivity contribution >= 4 is 11.9 Å². The minimum absolute atomic E-state index is 0.0642. The number of rotatable bonds is 8. The van der Waals surface area contributed by atoms with Crippen molar-refractivity contribution in [2.24, 2.45) is 17.3 Å². The summed E-state index contributed by atoms with van der Waals surface area (Å²) in [7, 11) is 0. The third kappa shape index (κ3) is 6.06. The molecular formula is C17H31NO3. The Hall–Kier alpha value is -1.06. The molecule has 1 rings (SSSR count). The monoisotopic (exact) mass is 297 g/mol. The predicted molar refractivity (Wildman–Crippen MR) is 84.0 cm³/mol. The van der Waals surface area contributed by atoms with Gasteiger partial charge in [-0.05, 0) is 24.7 Å². The molecular weight excluding hydrogens is 266 g/mol. The molecule has 4 nitrogen and oxygen atoms in total. The van der Waals surface area contributed by atoms with E-state index in [1.807, 2.05) is 0 Å². The molecule has 0 heterocycles. The van der Waals surface area contributed by atoms with Gasteiger partial charge >= 0.3 is 5.97 Å². The van der Waals surface area contributed by atoms with Crippen molar-refractivity contribution < 1.29 is 14.7 Å². The number of carboxylic acid groups (broad SMARTS) is 1. The largest absolute Gasteiger partial charge is 0.481 e. The Bertz CT molecular complexity index is 352. The number of amides is 1. The Morgan fingerprint density at radius 1 is 1.14 bits per heavy atom. The summed E-state index contributed by atoms with van der Waals surface area (Å²) in [5, 5.41) is 12.3. The van der Waals surface area contributed by atoms with E-state index in [1.54, 1.807) is 0 Å². The highest BCUT2D eigenvalue weighted by molar-refractivity contribution is 5.84. The first-order valence-corrected chi connectivity index (χ1v) is 8.38. The summed E-state index contributed by atoms with van der Waals surface area (Å²) >= 11 is 0. The minimum atomic E-state index is -0.822. The van der Waals surface area contributed by atoms with Gasteiger partial charge in [0.15, 0.2) is 0 Å². The Morgan fingerprint density at radius 3 is 2.33 bits per heavy atom. The molecule has 122 valence electrons. The van der Waals surface area contributed by atoms with Crippen LogP contribution in [0.15, 0.2) is 0 Å². The first-order chi connectivity index (χ1) is 9.87. The van der Waals surface area contributed by atoms with E-state index in [4.69, 9.17) is 0 Å². The van der Waals surface area contributed by atoms with Crippen LogP contribution >= 0.6 is 0 Å². The number of nitrogens with one attached hydrogen (secondary N) is 1. The van der Waals surface area contributed by atoms with Crippen molar-refractivity contribution in [1.82, 2.24) is 5.32 Å². The van der Waals surface area contributed by atoms with Crippen molar-refractivity contribution in [3.63, 3.8) is 0 Å². The topological polar surface area (TPSA) is 66.4 Å². The molecule has 1 amide bonds. The second kappa shape index (κ2) is 8.40. The molecule has 0 aliphatic heterocycles. The molecule has 0 aromatic carbocycles. The highest BCUT2D eigenvalue weighted by Gasteiger charge is 2.36. The fourth-order valence-corrected chi connectivity index (χ4v) is 3.14. The van der Waals surface area contributed by atoms with Gasteiger partial charge in [0.05, 0.1) is 11.8 Å². The summed E-state index contributed by atoms with van der Waals surface area (Å²) < 4.78 is 0. The molecule has 0 radical (unpaired) electrons. The Labute approximate surface area is 128 Å². The van der Waals surface area contributed by atoms with Crippen LogP contribution in [0.2, 0.25) is 0 Å². The molecule has 1 aliphatic rings. The number of aliphatic carboxylic acids is 1. The van der Waals surface area contributed by atoms with E-state index in [0.29, 0.717) is 19.4 Å². The quantitative estimate of drug-likeness (QED) is 0.673. The third-order valence-electron chi connectivity index (χ3n) is 4.62. The Balaban J connectivity index is 2.46. The summed E-state index contributed by atoms with van der Waals surface area (Å²) in [4.78, 5) is 23.6. The molecule has 1 aliphatic carbocycles. The van der Waals surface area contributed by atoms with Gasteiger partial charge in [0, 0.05) is 6.54 Å². The summed E-state index contributed by atoms with van der Waals surface area (Å²) in [6.07, 6.45) is 7.91. The number of carbonyl (C=O) groups excluding carboxylic acids is 1. The number of carboxylic acids is 1. The van der Waals surface area contributed by atoms with Gasteiger partial charge in [-0.2, -0.15) is 0 Å². The minimum Gasteiger partial charge on any atom is -0.481 e. The van der Waals surface area contributed by atoms with E-state index in [9.17, 15) is 14.7 Å². The fourth-order valence-electron chi connectivity index (χ4n) is 3.14. The Morgan fingerprint density at radius 2 is 1.76 bits per heavy atom. The SMILES string of the molecule is CCCCCC(C)(C)CNC(=O)C1CCCCC1C(=O)O. The zero-order chi connectivity index (χ0) is 15.9. The fraction of sp³-hybridized carbons (Fsp3) is 0.882. The lowest BCUT2D eigenvalue weighted by Crippen LogP contribution is -2.43. The van der Waals surface area contributed by atoms with Gasteiger partial charge in [-0.3, -0.25) is 9.59 Å². The van der Waals surface area contributed by atoms with Gasteiger partial charge in [-0.1, -0.05) is 52.9 Å². The molecule has 0 spiro atoms. The van der Waals surface area contributed by atoms with Crippen molar-refractivity contribution in [3.05, 3.63) is 0 Å². The number of carbonyl (C=O) groups is 2. The van der Waals surface area contributed by atoms with Gasteiger partial charge in [-0.25, -0.2) is 0 Å². The van der Waals surface area contributed by atoms with Crippen LogP contribution in [0.3, 0.4) is 0 Å². The molecule has 0 aromatic rings. The average molecular weight is 297 g/mol. The van der Waals surface area contributed by atoms with Gasteiger partial charge in [0.1, 0.15) is 0 Å². The maximum Gasteiger partial charge on any atom is 0.307 e.